The maximum atomic E-state index is 14.1. The Bertz CT molecular complexity index is 2000. The zero-order valence-electron chi connectivity index (χ0n) is 32.5. The van der Waals surface area contributed by atoms with Crippen LogP contribution in [0, 0.1) is 12.8 Å². The molecule has 2 aromatic heterocycles. The number of aromatic amines is 1. The molecule has 2 unspecified atom stereocenters. The highest BCUT2D eigenvalue weighted by Crippen LogP contribution is 2.35. The first-order valence-corrected chi connectivity index (χ1v) is 19.5. The molecule has 4 amide bonds. The Balaban J connectivity index is 1.30. The Hall–Kier alpha value is -5.14. The minimum absolute atomic E-state index is 0.0619. The molecule has 2 heterocycles. The van der Waals surface area contributed by atoms with Gasteiger partial charge in [-0.25, -0.2) is 4.79 Å². The molecule has 11 nitrogen and oxygen atoms in total. The van der Waals surface area contributed by atoms with Gasteiger partial charge in [-0.15, -0.1) is 0 Å². The van der Waals surface area contributed by atoms with Crippen molar-refractivity contribution in [2.75, 3.05) is 11.9 Å². The zero-order valence-corrected chi connectivity index (χ0v) is 32.5. The second-order valence-electron chi connectivity index (χ2n) is 15.7. The number of hydrogen-bond donors (Lipinski definition) is 5. The number of H-pyrrole nitrogens is 1. The number of aromatic nitrogens is 2. The number of para-hydroxylation sites is 1. The molecule has 56 heavy (non-hydrogen) atoms. The number of alkyl carbamates (subject to hydrolysis) is 1. The fourth-order valence-corrected chi connectivity index (χ4v) is 7.26. The third-order valence-electron chi connectivity index (χ3n) is 9.97. The van der Waals surface area contributed by atoms with E-state index in [1.807, 2.05) is 30.5 Å². The number of anilines is 1. The molecule has 1 aliphatic carbocycles. The van der Waals surface area contributed by atoms with Crippen LogP contribution >= 0.6 is 0 Å². The molecule has 0 radical (unpaired) electrons. The minimum atomic E-state index is -4.59. The van der Waals surface area contributed by atoms with Crippen LogP contribution in [0.5, 0.6) is 0 Å². The molecule has 5 rings (SSSR count). The Labute approximate surface area is 325 Å². The van der Waals surface area contributed by atoms with Crippen LogP contribution in [-0.4, -0.2) is 58.0 Å². The van der Waals surface area contributed by atoms with Gasteiger partial charge in [-0.05, 0) is 95.5 Å². The van der Waals surface area contributed by atoms with Crippen LogP contribution in [-0.2, 0) is 31.7 Å². The number of unbranched alkanes of at least 4 members (excludes halogenated alkanes) is 1. The van der Waals surface area contributed by atoms with E-state index in [4.69, 9.17) is 4.74 Å². The molecular weight excluding hydrogens is 725 g/mol. The van der Waals surface area contributed by atoms with Crippen LogP contribution in [0.15, 0.2) is 54.7 Å². The quantitative estimate of drug-likeness (QED) is 0.0767. The molecule has 302 valence electrons. The summed E-state index contributed by atoms with van der Waals surface area (Å²) in [6.07, 6.45) is 3.94. The summed E-state index contributed by atoms with van der Waals surface area (Å²) in [5.74, 6) is -1.12. The van der Waals surface area contributed by atoms with Crippen molar-refractivity contribution in [1.29, 1.82) is 0 Å². The van der Waals surface area contributed by atoms with E-state index in [9.17, 15) is 32.3 Å². The number of ether oxygens (including phenoxy) is 1. The first-order chi connectivity index (χ1) is 26.6. The monoisotopic (exact) mass is 778 g/mol. The summed E-state index contributed by atoms with van der Waals surface area (Å²) >= 11 is 0. The van der Waals surface area contributed by atoms with Crippen LogP contribution in [0.25, 0.3) is 21.8 Å². The molecule has 1 saturated carbocycles. The molecule has 14 heteroatoms. The van der Waals surface area contributed by atoms with E-state index in [1.165, 1.54) is 25.1 Å². The summed E-state index contributed by atoms with van der Waals surface area (Å²) in [7, 11) is 0. The number of amides is 4. The number of fused-ring (bicyclic) bond motifs is 2. The fourth-order valence-electron chi connectivity index (χ4n) is 7.26. The summed E-state index contributed by atoms with van der Waals surface area (Å²) in [5, 5.41) is 12.2. The first-order valence-electron chi connectivity index (χ1n) is 19.5. The van der Waals surface area contributed by atoms with Crippen LogP contribution < -0.4 is 21.3 Å². The van der Waals surface area contributed by atoms with E-state index in [0.29, 0.717) is 25.7 Å². The Morgan fingerprint density at radius 2 is 1.66 bits per heavy atom. The number of hydrogen-bond acceptors (Lipinski definition) is 6. The maximum absolute atomic E-state index is 14.1. The largest absolute Gasteiger partial charge is 0.444 e. The maximum Gasteiger partial charge on any atom is 0.417 e. The highest BCUT2D eigenvalue weighted by atomic mass is 19.4. The van der Waals surface area contributed by atoms with Gasteiger partial charge in [0, 0.05) is 46.8 Å². The number of benzene rings is 2. The van der Waals surface area contributed by atoms with Gasteiger partial charge in [0.2, 0.25) is 17.7 Å². The van der Waals surface area contributed by atoms with Crippen LogP contribution in [0.2, 0.25) is 0 Å². The van der Waals surface area contributed by atoms with E-state index < -0.39 is 47.3 Å². The van der Waals surface area contributed by atoms with E-state index in [0.717, 1.165) is 54.6 Å². The topological polar surface area (TPSA) is 154 Å². The van der Waals surface area contributed by atoms with Gasteiger partial charge in [0.05, 0.1) is 11.1 Å². The van der Waals surface area contributed by atoms with Crippen molar-refractivity contribution < 1.29 is 37.1 Å². The average Bonchev–Trinajstić information content (AvgIpc) is 3.55. The Kier molecular flexibility index (Phi) is 14.0. The molecule has 1 fully saturated rings. The number of pyridine rings is 1. The van der Waals surface area contributed by atoms with Gasteiger partial charge in [0.1, 0.15) is 17.7 Å². The summed E-state index contributed by atoms with van der Waals surface area (Å²) in [4.78, 5) is 61.0. The lowest BCUT2D eigenvalue weighted by Crippen LogP contribution is -2.53. The highest BCUT2D eigenvalue weighted by molar-refractivity contribution is 6.00. The summed E-state index contributed by atoms with van der Waals surface area (Å²) in [6.45, 7) is 7.01. The summed E-state index contributed by atoms with van der Waals surface area (Å²) in [5.41, 5.74) is 0.930. The van der Waals surface area contributed by atoms with E-state index >= 15 is 0 Å². The van der Waals surface area contributed by atoms with Crippen molar-refractivity contribution in [3.8, 4) is 0 Å². The van der Waals surface area contributed by atoms with Gasteiger partial charge in [0.15, 0.2) is 0 Å². The SMILES string of the molecule is Cc1cc(C(F)(F)F)c2ccc(NC(=O)C(CCCCNC(=O)OC(C)(C)C)NC(=O)C(CC3CCCCC3)NC(=O)CCc3c[nH]c4ccccc34)cc2n1. The van der Waals surface area contributed by atoms with Gasteiger partial charge in [-0.2, -0.15) is 13.2 Å². The van der Waals surface area contributed by atoms with Crippen molar-refractivity contribution in [1.82, 2.24) is 25.9 Å². The fraction of sp³-hybridized carbons (Fsp3) is 0.500. The van der Waals surface area contributed by atoms with Crippen molar-refractivity contribution in [3.63, 3.8) is 0 Å². The molecule has 0 spiro atoms. The number of nitrogens with zero attached hydrogens (tertiary/aromatic N) is 1. The van der Waals surface area contributed by atoms with Crippen molar-refractivity contribution in [2.45, 2.75) is 122 Å². The van der Waals surface area contributed by atoms with E-state index in [-0.39, 0.29) is 53.5 Å². The number of carbonyl (C=O) groups is 4. The Morgan fingerprint density at radius 1 is 0.911 bits per heavy atom. The molecule has 0 saturated heterocycles. The second-order valence-corrected chi connectivity index (χ2v) is 15.7. The average molecular weight is 779 g/mol. The van der Waals surface area contributed by atoms with Gasteiger partial charge < -0.3 is 31.0 Å². The third kappa shape index (κ3) is 12.2. The first kappa shape index (κ1) is 42.0. The van der Waals surface area contributed by atoms with Crippen molar-refractivity contribution in [3.05, 3.63) is 71.5 Å². The van der Waals surface area contributed by atoms with Crippen molar-refractivity contribution >= 4 is 51.3 Å². The predicted molar refractivity (Wildman–Crippen MR) is 210 cm³/mol. The smallest absolute Gasteiger partial charge is 0.417 e. The van der Waals surface area contributed by atoms with Gasteiger partial charge >= 0.3 is 12.3 Å². The predicted octanol–water partition coefficient (Wildman–Crippen LogP) is 8.25. The summed E-state index contributed by atoms with van der Waals surface area (Å²) in [6, 6.07) is 10.9. The lowest BCUT2D eigenvalue weighted by molar-refractivity contribution is -0.136. The number of carbonyl (C=O) groups excluding carboxylic acids is 4. The molecular formula is C42H53F3N6O5. The normalized spacial score (nSPS) is 14.9. The molecule has 2 atom stereocenters. The highest BCUT2D eigenvalue weighted by Gasteiger charge is 2.34. The van der Waals surface area contributed by atoms with Crippen LogP contribution in [0.4, 0.5) is 23.7 Å². The lowest BCUT2D eigenvalue weighted by atomic mass is 9.84. The third-order valence-corrected chi connectivity index (χ3v) is 9.97. The standard InChI is InChI=1S/C42H53F3N6O5/c1-26-22-32(42(43,44)45)31-19-18-29(24-35(31)48-26)49-38(53)34(16-10-11-21-46-40(55)56-41(2,3)4)51-39(54)36(23-27-12-6-5-7-13-27)50-37(52)20-17-28-25-47-33-15-9-8-14-30(28)33/h8-9,14-15,18-19,22,24-25,27,34,36,47H,5-7,10-13,16-17,20-21,23H2,1-4H3,(H,46,55)(H,49,53)(H,50,52)(H,51,54). The number of halogens is 3. The van der Waals surface area contributed by atoms with Gasteiger partial charge in [-0.3, -0.25) is 19.4 Å². The molecule has 2 aromatic carbocycles. The van der Waals surface area contributed by atoms with Crippen LogP contribution in [0.1, 0.15) is 102 Å². The molecule has 1 aliphatic rings. The van der Waals surface area contributed by atoms with Gasteiger partial charge in [-0.1, -0.05) is 56.4 Å². The number of aryl methyl sites for hydroxylation is 2. The van der Waals surface area contributed by atoms with E-state index in [1.54, 1.807) is 20.8 Å². The molecule has 0 bridgehead atoms. The minimum Gasteiger partial charge on any atom is -0.444 e. The second kappa shape index (κ2) is 18.7. The number of rotatable bonds is 15. The van der Waals surface area contributed by atoms with Crippen LogP contribution in [0.3, 0.4) is 0 Å². The molecule has 5 N–H and O–H groups in total. The summed E-state index contributed by atoms with van der Waals surface area (Å²) < 4.78 is 46.6. The van der Waals surface area contributed by atoms with Crippen molar-refractivity contribution in [2.24, 2.45) is 5.92 Å². The zero-order chi connectivity index (χ0) is 40.5. The van der Waals surface area contributed by atoms with E-state index in [2.05, 4.69) is 31.2 Å². The lowest BCUT2D eigenvalue weighted by Gasteiger charge is -2.28. The van der Waals surface area contributed by atoms with Gasteiger partial charge in [0.25, 0.3) is 0 Å². The number of nitrogens with one attached hydrogen (secondary N) is 5. The number of alkyl halides is 3. The molecule has 4 aromatic rings. The molecule has 0 aliphatic heterocycles. The Morgan fingerprint density at radius 3 is 2.39 bits per heavy atom.